The maximum Gasteiger partial charge on any atom is 0.255 e. The number of phenolic OH excluding ortho intramolecular Hbond substituents is 1. The number of nitrogens with one attached hydrogen (secondary N) is 1. The van der Waals surface area contributed by atoms with Gasteiger partial charge in [-0.3, -0.25) is 4.79 Å². The SMILES string of the molecule is Cc1ccc(O)c(C(=O)NC2CCC2)c1. The Morgan fingerprint density at radius 1 is 1.47 bits per heavy atom. The van der Waals surface area contributed by atoms with E-state index >= 15 is 0 Å². The van der Waals surface area contributed by atoms with E-state index in [1.807, 2.05) is 6.92 Å². The number of amides is 1. The first-order valence-corrected chi connectivity index (χ1v) is 5.27. The van der Waals surface area contributed by atoms with Gasteiger partial charge in [-0.15, -0.1) is 0 Å². The monoisotopic (exact) mass is 205 g/mol. The lowest BCUT2D eigenvalue weighted by atomic mass is 9.93. The van der Waals surface area contributed by atoms with Crippen molar-refractivity contribution in [1.82, 2.24) is 5.32 Å². The summed E-state index contributed by atoms with van der Waals surface area (Å²) in [6.45, 7) is 1.90. The average molecular weight is 205 g/mol. The molecule has 1 fully saturated rings. The Morgan fingerprint density at radius 3 is 2.80 bits per heavy atom. The second kappa shape index (κ2) is 3.93. The van der Waals surface area contributed by atoms with Crippen molar-refractivity contribution < 1.29 is 9.90 Å². The van der Waals surface area contributed by atoms with Gasteiger partial charge in [-0.2, -0.15) is 0 Å². The molecule has 0 aliphatic heterocycles. The molecule has 3 nitrogen and oxygen atoms in total. The minimum atomic E-state index is -0.166. The van der Waals surface area contributed by atoms with Crippen molar-refractivity contribution in [2.75, 3.05) is 0 Å². The van der Waals surface area contributed by atoms with Crippen LogP contribution in [0.15, 0.2) is 18.2 Å². The maximum absolute atomic E-state index is 11.7. The van der Waals surface area contributed by atoms with E-state index in [1.54, 1.807) is 18.2 Å². The summed E-state index contributed by atoms with van der Waals surface area (Å²) in [5, 5.41) is 12.4. The fourth-order valence-electron chi connectivity index (χ4n) is 1.65. The largest absolute Gasteiger partial charge is 0.507 e. The third-order valence-electron chi connectivity index (χ3n) is 2.84. The molecule has 0 heterocycles. The highest BCUT2D eigenvalue weighted by atomic mass is 16.3. The topological polar surface area (TPSA) is 49.3 Å². The fourth-order valence-corrected chi connectivity index (χ4v) is 1.65. The summed E-state index contributed by atoms with van der Waals surface area (Å²) in [5.41, 5.74) is 1.36. The van der Waals surface area contributed by atoms with Gasteiger partial charge in [0.25, 0.3) is 5.91 Å². The molecule has 1 aliphatic rings. The Balaban J connectivity index is 2.12. The highest BCUT2D eigenvalue weighted by Gasteiger charge is 2.21. The lowest BCUT2D eigenvalue weighted by Crippen LogP contribution is -2.39. The zero-order chi connectivity index (χ0) is 10.8. The van der Waals surface area contributed by atoms with Gasteiger partial charge in [0, 0.05) is 6.04 Å². The van der Waals surface area contributed by atoms with Crippen molar-refractivity contribution in [1.29, 1.82) is 0 Å². The number of benzene rings is 1. The highest BCUT2D eigenvalue weighted by molar-refractivity contribution is 5.97. The lowest BCUT2D eigenvalue weighted by molar-refractivity contribution is 0.0914. The maximum atomic E-state index is 11.7. The van der Waals surface area contributed by atoms with Crippen LogP contribution >= 0.6 is 0 Å². The van der Waals surface area contributed by atoms with Crippen molar-refractivity contribution in [2.45, 2.75) is 32.2 Å². The van der Waals surface area contributed by atoms with Crippen molar-refractivity contribution in [3.8, 4) is 5.75 Å². The van der Waals surface area contributed by atoms with Gasteiger partial charge in [-0.05, 0) is 38.3 Å². The average Bonchev–Trinajstić information content (AvgIpc) is 2.15. The van der Waals surface area contributed by atoms with E-state index in [4.69, 9.17) is 0 Å². The van der Waals surface area contributed by atoms with Crippen LogP contribution in [-0.4, -0.2) is 17.1 Å². The number of hydrogen-bond donors (Lipinski definition) is 2. The Labute approximate surface area is 89.1 Å². The van der Waals surface area contributed by atoms with Gasteiger partial charge >= 0.3 is 0 Å². The Bertz CT molecular complexity index is 383. The predicted molar refractivity (Wildman–Crippen MR) is 57.9 cm³/mol. The van der Waals surface area contributed by atoms with Crippen molar-refractivity contribution in [3.63, 3.8) is 0 Å². The van der Waals surface area contributed by atoms with E-state index < -0.39 is 0 Å². The van der Waals surface area contributed by atoms with Crippen molar-refractivity contribution >= 4 is 5.91 Å². The standard InChI is InChI=1S/C12H15NO2/c1-8-5-6-11(14)10(7-8)12(15)13-9-3-2-4-9/h5-7,9,14H,2-4H2,1H3,(H,13,15). The number of carbonyl (C=O) groups excluding carboxylic acids is 1. The lowest BCUT2D eigenvalue weighted by Gasteiger charge is -2.26. The summed E-state index contributed by atoms with van der Waals surface area (Å²) in [7, 11) is 0. The summed E-state index contributed by atoms with van der Waals surface area (Å²) in [4.78, 5) is 11.7. The number of aryl methyl sites for hydroxylation is 1. The minimum Gasteiger partial charge on any atom is -0.507 e. The molecule has 80 valence electrons. The first-order chi connectivity index (χ1) is 7.16. The van der Waals surface area contributed by atoms with Crippen LogP contribution in [-0.2, 0) is 0 Å². The molecule has 0 unspecified atom stereocenters. The van der Waals surface area contributed by atoms with Crippen LogP contribution in [0.4, 0.5) is 0 Å². The molecule has 1 aromatic carbocycles. The Hall–Kier alpha value is -1.51. The Morgan fingerprint density at radius 2 is 2.20 bits per heavy atom. The van der Waals surface area contributed by atoms with Crippen LogP contribution in [0.25, 0.3) is 0 Å². The van der Waals surface area contributed by atoms with E-state index in [9.17, 15) is 9.90 Å². The number of carbonyl (C=O) groups is 1. The first kappa shape index (κ1) is 10.0. The predicted octanol–water partition coefficient (Wildman–Crippen LogP) is 1.98. The van der Waals surface area contributed by atoms with Crippen LogP contribution in [0.2, 0.25) is 0 Å². The molecule has 0 atom stereocenters. The van der Waals surface area contributed by atoms with Crippen LogP contribution in [0, 0.1) is 6.92 Å². The van der Waals surface area contributed by atoms with E-state index in [1.165, 1.54) is 6.42 Å². The number of rotatable bonds is 2. The number of phenols is 1. The van der Waals surface area contributed by atoms with Gasteiger partial charge in [-0.25, -0.2) is 0 Å². The fraction of sp³-hybridized carbons (Fsp3) is 0.417. The van der Waals surface area contributed by atoms with E-state index in [0.717, 1.165) is 18.4 Å². The summed E-state index contributed by atoms with van der Waals surface area (Å²) in [6.07, 6.45) is 3.29. The molecule has 15 heavy (non-hydrogen) atoms. The van der Waals surface area contributed by atoms with Gasteiger partial charge in [0.2, 0.25) is 0 Å². The zero-order valence-electron chi connectivity index (χ0n) is 8.79. The molecule has 2 N–H and O–H groups in total. The van der Waals surface area contributed by atoms with E-state index in [0.29, 0.717) is 11.6 Å². The summed E-state index contributed by atoms with van der Waals surface area (Å²) in [6, 6.07) is 5.36. The second-order valence-electron chi connectivity index (χ2n) is 4.12. The number of hydrogen-bond acceptors (Lipinski definition) is 2. The molecular weight excluding hydrogens is 190 g/mol. The zero-order valence-corrected chi connectivity index (χ0v) is 8.79. The van der Waals surface area contributed by atoms with Crippen LogP contribution < -0.4 is 5.32 Å². The van der Waals surface area contributed by atoms with Gasteiger partial charge in [-0.1, -0.05) is 11.6 Å². The molecular formula is C12H15NO2. The van der Waals surface area contributed by atoms with E-state index in [-0.39, 0.29) is 11.7 Å². The third kappa shape index (κ3) is 2.12. The summed E-state index contributed by atoms with van der Waals surface area (Å²) < 4.78 is 0. The molecule has 0 bridgehead atoms. The van der Waals surface area contributed by atoms with Gasteiger partial charge < -0.3 is 10.4 Å². The molecule has 1 aromatic rings. The molecule has 2 rings (SSSR count). The quantitative estimate of drug-likeness (QED) is 0.775. The Kier molecular flexibility index (Phi) is 2.62. The molecule has 0 spiro atoms. The van der Waals surface area contributed by atoms with Crippen LogP contribution in [0.5, 0.6) is 5.75 Å². The molecule has 0 saturated heterocycles. The summed E-state index contributed by atoms with van der Waals surface area (Å²) >= 11 is 0. The van der Waals surface area contributed by atoms with Crippen molar-refractivity contribution in [2.24, 2.45) is 0 Å². The molecule has 1 aliphatic carbocycles. The first-order valence-electron chi connectivity index (χ1n) is 5.27. The second-order valence-corrected chi connectivity index (χ2v) is 4.12. The van der Waals surface area contributed by atoms with E-state index in [2.05, 4.69) is 5.32 Å². The number of aromatic hydroxyl groups is 1. The van der Waals surface area contributed by atoms with Gasteiger partial charge in [0.15, 0.2) is 0 Å². The molecule has 0 aromatic heterocycles. The molecule has 1 amide bonds. The van der Waals surface area contributed by atoms with Crippen LogP contribution in [0.3, 0.4) is 0 Å². The molecule has 0 radical (unpaired) electrons. The van der Waals surface area contributed by atoms with Gasteiger partial charge in [0.05, 0.1) is 5.56 Å². The normalized spacial score (nSPS) is 15.8. The summed E-state index contributed by atoms with van der Waals surface area (Å²) in [5.74, 6) is -0.113. The highest BCUT2D eigenvalue weighted by Crippen LogP contribution is 2.21. The smallest absolute Gasteiger partial charge is 0.255 e. The minimum absolute atomic E-state index is 0.0532. The molecule has 3 heteroatoms. The third-order valence-corrected chi connectivity index (χ3v) is 2.84. The molecule has 1 saturated carbocycles. The van der Waals surface area contributed by atoms with Crippen LogP contribution in [0.1, 0.15) is 35.2 Å². The van der Waals surface area contributed by atoms with Crippen molar-refractivity contribution in [3.05, 3.63) is 29.3 Å². The van der Waals surface area contributed by atoms with Gasteiger partial charge in [0.1, 0.15) is 5.75 Å².